The molecular formula is C14H10Cl2N2. The molecule has 0 aliphatic carbocycles. The molecule has 2 aromatic carbocycles. The number of para-hydroxylation sites is 1. The van der Waals surface area contributed by atoms with Crippen LogP contribution in [0.5, 0.6) is 0 Å². The van der Waals surface area contributed by atoms with E-state index in [2.05, 4.69) is 4.98 Å². The second-order valence-corrected chi connectivity index (χ2v) is 4.67. The quantitative estimate of drug-likeness (QED) is 0.634. The largest absolute Gasteiger partial charge is 0.295 e. The van der Waals surface area contributed by atoms with Crippen molar-refractivity contribution >= 4 is 34.2 Å². The number of aromatic nitrogens is 2. The van der Waals surface area contributed by atoms with Crippen molar-refractivity contribution in [1.29, 1.82) is 0 Å². The molecule has 0 N–H and O–H groups in total. The van der Waals surface area contributed by atoms with E-state index in [-0.39, 0.29) is 0 Å². The van der Waals surface area contributed by atoms with Crippen LogP contribution in [0.15, 0.2) is 48.5 Å². The van der Waals surface area contributed by atoms with Gasteiger partial charge < -0.3 is 0 Å². The molecule has 90 valence electrons. The Labute approximate surface area is 115 Å². The normalized spacial score (nSPS) is 11.0. The Balaban J connectivity index is 2.35. The smallest absolute Gasteiger partial charge is 0.129 e. The predicted octanol–water partition coefficient (Wildman–Crippen LogP) is 4.42. The molecule has 0 spiro atoms. The molecule has 2 nitrogen and oxygen atoms in total. The van der Waals surface area contributed by atoms with Gasteiger partial charge >= 0.3 is 0 Å². The molecule has 0 radical (unpaired) electrons. The van der Waals surface area contributed by atoms with Crippen molar-refractivity contribution in [3.05, 3.63) is 59.4 Å². The summed E-state index contributed by atoms with van der Waals surface area (Å²) in [6.45, 7) is 0. The molecule has 4 heteroatoms. The summed E-state index contributed by atoms with van der Waals surface area (Å²) in [7, 11) is 0. The lowest BCUT2D eigenvalue weighted by molar-refractivity contribution is 0.982. The Morgan fingerprint density at radius 2 is 1.83 bits per heavy atom. The number of benzene rings is 2. The van der Waals surface area contributed by atoms with Crippen molar-refractivity contribution in [2.24, 2.45) is 0 Å². The summed E-state index contributed by atoms with van der Waals surface area (Å²) >= 11 is 12.0. The molecule has 1 heterocycles. The maximum Gasteiger partial charge on any atom is 0.129 e. The lowest BCUT2D eigenvalue weighted by atomic mass is 10.3. The van der Waals surface area contributed by atoms with Crippen LogP contribution in [0, 0.1) is 0 Å². The molecule has 1 aromatic heterocycles. The first-order valence-corrected chi connectivity index (χ1v) is 6.49. The number of rotatable bonds is 2. The summed E-state index contributed by atoms with van der Waals surface area (Å²) in [5.74, 6) is 1.18. The second kappa shape index (κ2) is 4.63. The van der Waals surface area contributed by atoms with Crippen LogP contribution in [-0.4, -0.2) is 9.55 Å². The average Bonchev–Trinajstić information content (AvgIpc) is 2.77. The molecule has 18 heavy (non-hydrogen) atoms. The van der Waals surface area contributed by atoms with Gasteiger partial charge in [-0.3, -0.25) is 4.57 Å². The number of nitrogens with zero attached hydrogens (tertiary/aromatic N) is 2. The van der Waals surface area contributed by atoms with E-state index in [0.29, 0.717) is 10.9 Å². The molecule has 0 fully saturated rings. The van der Waals surface area contributed by atoms with E-state index >= 15 is 0 Å². The highest BCUT2D eigenvalue weighted by atomic mass is 35.5. The van der Waals surface area contributed by atoms with Crippen LogP contribution in [0.1, 0.15) is 5.82 Å². The first-order chi connectivity index (χ1) is 8.79. The monoisotopic (exact) mass is 276 g/mol. The topological polar surface area (TPSA) is 17.8 Å². The van der Waals surface area contributed by atoms with Crippen molar-refractivity contribution in [3.8, 4) is 5.69 Å². The highest BCUT2D eigenvalue weighted by Gasteiger charge is 2.11. The average molecular weight is 277 g/mol. The summed E-state index contributed by atoms with van der Waals surface area (Å²) in [6.07, 6.45) is 0. The highest BCUT2D eigenvalue weighted by molar-refractivity contribution is 6.31. The van der Waals surface area contributed by atoms with Gasteiger partial charge in [0.2, 0.25) is 0 Å². The Hall–Kier alpha value is -1.51. The van der Waals surface area contributed by atoms with Crippen molar-refractivity contribution < 1.29 is 0 Å². The number of hydrogen-bond acceptors (Lipinski definition) is 1. The summed E-state index contributed by atoms with van der Waals surface area (Å²) < 4.78 is 2.04. The fraction of sp³-hybridized carbons (Fsp3) is 0.0714. The SMILES string of the molecule is ClCc1nc2ccc(Cl)cc2n1-c1ccccc1. The molecule has 0 saturated heterocycles. The minimum atomic E-state index is 0.362. The molecule has 0 aliphatic heterocycles. The minimum absolute atomic E-state index is 0.362. The Morgan fingerprint density at radius 1 is 1.06 bits per heavy atom. The molecule has 0 aliphatic rings. The summed E-state index contributed by atoms with van der Waals surface area (Å²) in [4.78, 5) is 4.52. The van der Waals surface area contributed by atoms with Gasteiger partial charge in [0.1, 0.15) is 5.82 Å². The number of imidazole rings is 1. The maximum absolute atomic E-state index is 6.06. The molecule has 0 bridgehead atoms. The van der Waals surface area contributed by atoms with Gasteiger partial charge in [-0.15, -0.1) is 11.6 Å². The fourth-order valence-electron chi connectivity index (χ4n) is 2.05. The van der Waals surface area contributed by atoms with Crippen LogP contribution >= 0.6 is 23.2 Å². The zero-order valence-electron chi connectivity index (χ0n) is 9.48. The van der Waals surface area contributed by atoms with Crippen LogP contribution < -0.4 is 0 Å². The summed E-state index contributed by atoms with van der Waals surface area (Å²) in [5, 5.41) is 0.695. The lowest BCUT2D eigenvalue weighted by Gasteiger charge is -2.07. The maximum atomic E-state index is 6.06. The lowest BCUT2D eigenvalue weighted by Crippen LogP contribution is -1.98. The van der Waals surface area contributed by atoms with Gasteiger partial charge in [0.25, 0.3) is 0 Å². The summed E-state index contributed by atoms with van der Waals surface area (Å²) in [6, 6.07) is 15.7. The summed E-state index contributed by atoms with van der Waals surface area (Å²) in [5.41, 5.74) is 2.92. The van der Waals surface area contributed by atoms with E-state index in [4.69, 9.17) is 23.2 Å². The van der Waals surface area contributed by atoms with Crippen LogP contribution in [0.3, 0.4) is 0 Å². The van der Waals surface area contributed by atoms with Gasteiger partial charge in [0, 0.05) is 10.7 Å². The van der Waals surface area contributed by atoms with Gasteiger partial charge in [0.15, 0.2) is 0 Å². The first kappa shape index (κ1) is 11.6. The molecule has 0 unspecified atom stereocenters. The van der Waals surface area contributed by atoms with Gasteiger partial charge in [-0.25, -0.2) is 4.98 Å². The Morgan fingerprint density at radius 3 is 2.56 bits per heavy atom. The number of alkyl halides is 1. The van der Waals surface area contributed by atoms with Crippen molar-refractivity contribution in [1.82, 2.24) is 9.55 Å². The zero-order valence-corrected chi connectivity index (χ0v) is 11.0. The number of halogens is 2. The second-order valence-electron chi connectivity index (χ2n) is 3.97. The molecule has 3 aromatic rings. The predicted molar refractivity (Wildman–Crippen MR) is 75.6 cm³/mol. The van der Waals surface area contributed by atoms with E-state index in [1.54, 1.807) is 0 Å². The van der Waals surface area contributed by atoms with E-state index in [1.807, 2.05) is 53.1 Å². The van der Waals surface area contributed by atoms with Crippen molar-refractivity contribution in [2.75, 3.05) is 0 Å². The highest BCUT2D eigenvalue weighted by Crippen LogP contribution is 2.25. The Bertz CT molecular complexity index is 690. The van der Waals surface area contributed by atoms with E-state index in [0.717, 1.165) is 22.5 Å². The van der Waals surface area contributed by atoms with Crippen LogP contribution in [0.25, 0.3) is 16.7 Å². The first-order valence-electron chi connectivity index (χ1n) is 5.58. The van der Waals surface area contributed by atoms with Crippen LogP contribution in [-0.2, 0) is 5.88 Å². The van der Waals surface area contributed by atoms with Crippen LogP contribution in [0.2, 0.25) is 5.02 Å². The minimum Gasteiger partial charge on any atom is -0.295 e. The molecule has 3 rings (SSSR count). The van der Waals surface area contributed by atoms with E-state index < -0.39 is 0 Å². The third-order valence-electron chi connectivity index (χ3n) is 2.82. The van der Waals surface area contributed by atoms with Crippen LogP contribution in [0.4, 0.5) is 0 Å². The van der Waals surface area contributed by atoms with Gasteiger partial charge in [-0.05, 0) is 30.3 Å². The standard InChI is InChI=1S/C14H10Cl2N2/c15-9-14-17-12-7-6-10(16)8-13(12)18(14)11-4-2-1-3-5-11/h1-8H,9H2. The third kappa shape index (κ3) is 1.88. The fourth-order valence-corrected chi connectivity index (χ4v) is 2.40. The van der Waals surface area contributed by atoms with E-state index in [9.17, 15) is 0 Å². The Kier molecular flexibility index (Phi) is 2.98. The zero-order chi connectivity index (χ0) is 12.5. The number of hydrogen-bond donors (Lipinski definition) is 0. The van der Waals surface area contributed by atoms with Gasteiger partial charge in [0.05, 0.1) is 16.9 Å². The molecule has 0 atom stereocenters. The van der Waals surface area contributed by atoms with E-state index in [1.165, 1.54) is 0 Å². The molecule has 0 saturated carbocycles. The van der Waals surface area contributed by atoms with Gasteiger partial charge in [-0.1, -0.05) is 29.8 Å². The molecule has 0 amide bonds. The van der Waals surface area contributed by atoms with Crippen molar-refractivity contribution in [3.63, 3.8) is 0 Å². The third-order valence-corrected chi connectivity index (χ3v) is 3.29. The van der Waals surface area contributed by atoms with Gasteiger partial charge in [-0.2, -0.15) is 0 Å². The van der Waals surface area contributed by atoms with Crippen molar-refractivity contribution in [2.45, 2.75) is 5.88 Å². The molecular weight excluding hydrogens is 267 g/mol. The number of fused-ring (bicyclic) bond motifs is 1.